The Morgan fingerprint density at radius 3 is 2.31 bits per heavy atom. The predicted octanol–water partition coefficient (Wildman–Crippen LogP) is -0.0122. The summed E-state index contributed by atoms with van der Waals surface area (Å²) in [6, 6.07) is 0. The SMILES string of the molecule is C=C(OS(=O)(=O)CC(C)C)C(N)=O. The van der Waals surface area contributed by atoms with Crippen molar-refractivity contribution in [1.82, 2.24) is 0 Å². The van der Waals surface area contributed by atoms with Crippen LogP contribution in [0.2, 0.25) is 0 Å². The van der Waals surface area contributed by atoms with Crippen molar-refractivity contribution in [3.05, 3.63) is 12.3 Å². The van der Waals surface area contributed by atoms with Crippen LogP contribution in [0.3, 0.4) is 0 Å². The summed E-state index contributed by atoms with van der Waals surface area (Å²) in [6.45, 7) is 6.50. The van der Waals surface area contributed by atoms with Crippen molar-refractivity contribution in [3.8, 4) is 0 Å². The first-order valence-corrected chi connectivity index (χ1v) is 5.23. The third-order valence-corrected chi connectivity index (χ3v) is 2.57. The van der Waals surface area contributed by atoms with Crippen molar-refractivity contribution in [2.45, 2.75) is 13.8 Å². The number of rotatable bonds is 5. The molecule has 0 unspecified atom stereocenters. The third kappa shape index (κ3) is 5.24. The molecule has 0 aromatic carbocycles. The van der Waals surface area contributed by atoms with Gasteiger partial charge in [-0.25, -0.2) is 0 Å². The molecule has 0 aromatic heterocycles. The lowest BCUT2D eigenvalue weighted by Gasteiger charge is -2.08. The number of carbonyl (C=O) groups is 1. The number of hydrogen-bond acceptors (Lipinski definition) is 4. The van der Waals surface area contributed by atoms with Crippen molar-refractivity contribution >= 4 is 16.0 Å². The fourth-order valence-electron chi connectivity index (χ4n) is 0.637. The van der Waals surface area contributed by atoms with Crippen molar-refractivity contribution in [3.63, 3.8) is 0 Å². The Morgan fingerprint density at radius 1 is 1.54 bits per heavy atom. The minimum Gasteiger partial charge on any atom is -0.377 e. The van der Waals surface area contributed by atoms with Gasteiger partial charge in [0.1, 0.15) is 0 Å². The molecule has 0 bridgehead atoms. The number of carbonyl (C=O) groups excluding carboxylic acids is 1. The van der Waals surface area contributed by atoms with Gasteiger partial charge in [0, 0.05) is 0 Å². The van der Waals surface area contributed by atoms with Crippen LogP contribution >= 0.6 is 0 Å². The van der Waals surface area contributed by atoms with Crippen LogP contribution in [0.4, 0.5) is 0 Å². The van der Waals surface area contributed by atoms with Gasteiger partial charge < -0.3 is 9.92 Å². The highest BCUT2D eigenvalue weighted by atomic mass is 32.2. The normalized spacial score (nSPS) is 11.3. The molecule has 6 heteroatoms. The van der Waals surface area contributed by atoms with Gasteiger partial charge in [0.15, 0.2) is 5.76 Å². The zero-order chi connectivity index (χ0) is 10.6. The molecule has 0 aliphatic heterocycles. The number of amides is 1. The maximum atomic E-state index is 11.1. The highest BCUT2D eigenvalue weighted by Crippen LogP contribution is 2.06. The molecule has 0 spiro atoms. The topological polar surface area (TPSA) is 86.5 Å². The molecule has 13 heavy (non-hydrogen) atoms. The lowest BCUT2D eigenvalue weighted by Crippen LogP contribution is -2.21. The first kappa shape index (κ1) is 12.0. The largest absolute Gasteiger partial charge is 0.377 e. The summed E-state index contributed by atoms with van der Waals surface area (Å²) in [6.07, 6.45) is 0. The van der Waals surface area contributed by atoms with Crippen LogP contribution in [0.1, 0.15) is 13.8 Å². The summed E-state index contributed by atoms with van der Waals surface area (Å²) in [5.74, 6) is -1.78. The molecular weight excluding hydrogens is 194 g/mol. The average molecular weight is 207 g/mol. The maximum absolute atomic E-state index is 11.1. The van der Waals surface area contributed by atoms with Crippen molar-refractivity contribution in [2.75, 3.05) is 5.75 Å². The Morgan fingerprint density at radius 2 is 2.00 bits per heavy atom. The first-order valence-electron chi connectivity index (χ1n) is 3.65. The van der Waals surface area contributed by atoms with E-state index in [4.69, 9.17) is 5.73 Å². The summed E-state index contributed by atoms with van der Waals surface area (Å²) in [5, 5.41) is 0. The predicted molar refractivity (Wildman–Crippen MR) is 48.0 cm³/mol. The Balaban J connectivity index is 4.36. The highest BCUT2D eigenvalue weighted by Gasteiger charge is 2.17. The van der Waals surface area contributed by atoms with Crippen molar-refractivity contribution < 1.29 is 17.4 Å². The molecule has 0 heterocycles. The summed E-state index contributed by atoms with van der Waals surface area (Å²) in [4.78, 5) is 10.4. The minimum absolute atomic E-state index is 0.0781. The van der Waals surface area contributed by atoms with E-state index in [-0.39, 0.29) is 11.7 Å². The second-order valence-electron chi connectivity index (χ2n) is 2.99. The van der Waals surface area contributed by atoms with E-state index in [1.807, 2.05) is 0 Å². The van der Waals surface area contributed by atoms with Crippen molar-refractivity contribution in [1.29, 1.82) is 0 Å². The molecule has 5 nitrogen and oxygen atoms in total. The molecule has 1 amide bonds. The van der Waals surface area contributed by atoms with Gasteiger partial charge in [0.25, 0.3) is 5.91 Å². The van der Waals surface area contributed by atoms with Crippen LogP contribution < -0.4 is 5.73 Å². The van der Waals surface area contributed by atoms with E-state index in [0.29, 0.717) is 0 Å². The van der Waals surface area contributed by atoms with Gasteiger partial charge in [0.05, 0.1) is 5.75 Å². The molecule has 0 aliphatic carbocycles. The maximum Gasteiger partial charge on any atom is 0.309 e. The van der Waals surface area contributed by atoms with Crippen LogP contribution in [-0.2, 0) is 19.1 Å². The molecule has 76 valence electrons. The van der Waals surface area contributed by atoms with Gasteiger partial charge in [-0.3, -0.25) is 4.79 Å². The van der Waals surface area contributed by atoms with Gasteiger partial charge in [0.2, 0.25) is 0 Å². The molecule has 0 saturated carbocycles. The van der Waals surface area contributed by atoms with E-state index in [1.54, 1.807) is 13.8 Å². The van der Waals surface area contributed by atoms with E-state index in [2.05, 4.69) is 10.8 Å². The lowest BCUT2D eigenvalue weighted by molar-refractivity contribution is -0.116. The smallest absolute Gasteiger partial charge is 0.309 e. The van der Waals surface area contributed by atoms with E-state index >= 15 is 0 Å². The van der Waals surface area contributed by atoms with Crippen LogP contribution in [0.25, 0.3) is 0 Å². The standard InChI is InChI=1S/C7H13NO4S/c1-5(2)4-13(10,11)12-6(3)7(8)9/h5H,3-4H2,1-2H3,(H2,8,9). The Bertz CT molecular complexity index is 304. The second-order valence-corrected chi connectivity index (χ2v) is 4.60. The quantitative estimate of drug-likeness (QED) is 0.390. The first-order chi connectivity index (χ1) is 5.74. The number of primary amides is 1. The molecule has 0 aliphatic rings. The van der Waals surface area contributed by atoms with Crippen LogP contribution in [0, 0.1) is 5.92 Å². The van der Waals surface area contributed by atoms with Gasteiger partial charge in [-0.1, -0.05) is 13.8 Å². The minimum atomic E-state index is -3.73. The molecular formula is C7H13NO4S. The van der Waals surface area contributed by atoms with Crippen molar-refractivity contribution in [2.24, 2.45) is 11.7 Å². The molecule has 2 N–H and O–H groups in total. The van der Waals surface area contributed by atoms with Crippen LogP contribution in [0.15, 0.2) is 12.3 Å². The zero-order valence-corrected chi connectivity index (χ0v) is 8.43. The van der Waals surface area contributed by atoms with E-state index in [9.17, 15) is 13.2 Å². The van der Waals surface area contributed by atoms with E-state index < -0.39 is 21.8 Å². The molecule has 0 saturated heterocycles. The van der Waals surface area contributed by atoms with Gasteiger partial charge in [-0.15, -0.1) is 0 Å². The van der Waals surface area contributed by atoms with Gasteiger partial charge in [-0.2, -0.15) is 8.42 Å². The molecule has 0 radical (unpaired) electrons. The summed E-state index contributed by atoms with van der Waals surface area (Å²) in [5.41, 5.74) is 4.75. The summed E-state index contributed by atoms with van der Waals surface area (Å²) < 4.78 is 26.4. The van der Waals surface area contributed by atoms with Gasteiger partial charge >= 0.3 is 10.1 Å². The average Bonchev–Trinajstić information content (AvgIpc) is 1.81. The number of nitrogens with two attached hydrogens (primary N) is 1. The summed E-state index contributed by atoms with van der Waals surface area (Å²) >= 11 is 0. The van der Waals surface area contributed by atoms with E-state index in [1.165, 1.54) is 0 Å². The lowest BCUT2D eigenvalue weighted by atomic mass is 10.3. The molecule has 0 atom stereocenters. The molecule has 0 fully saturated rings. The Kier molecular flexibility index (Phi) is 3.93. The fraction of sp³-hybridized carbons (Fsp3) is 0.571. The Labute approximate surface area is 77.7 Å². The van der Waals surface area contributed by atoms with Crippen LogP contribution in [0.5, 0.6) is 0 Å². The third-order valence-electron chi connectivity index (χ3n) is 1.04. The summed E-state index contributed by atoms with van der Waals surface area (Å²) in [7, 11) is -3.73. The van der Waals surface area contributed by atoms with E-state index in [0.717, 1.165) is 0 Å². The van der Waals surface area contributed by atoms with Gasteiger partial charge in [-0.05, 0) is 12.5 Å². The molecule has 0 aromatic rings. The molecule has 0 rings (SSSR count). The van der Waals surface area contributed by atoms with Crippen LogP contribution in [-0.4, -0.2) is 20.1 Å². The zero-order valence-electron chi connectivity index (χ0n) is 7.61. The second kappa shape index (κ2) is 4.27. The number of hydrogen-bond donors (Lipinski definition) is 1. The highest BCUT2D eigenvalue weighted by molar-refractivity contribution is 7.86. The monoisotopic (exact) mass is 207 g/mol. The fourth-order valence-corrected chi connectivity index (χ4v) is 1.91. The Hall–Kier alpha value is -1.04.